The number of aromatic hydroxyl groups is 1. The number of anilines is 1. The zero-order valence-corrected chi connectivity index (χ0v) is 12.7. The molecule has 0 atom stereocenters. The molecular formula is C17H14N2O2S. The summed E-state index contributed by atoms with van der Waals surface area (Å²) >= 11 is 1.13. The quantitative estimate of drug-likeness (QED) is 0.830. The highest BCUT2D eigenvalue weighted by atomic mass is 32.2. The maximum atomic E-state index is 12.6. The molecule has 2 aromatic carbocycles. The molecule has 0 unspecified atom stereocenters. The summed E-state index contributed by atoms with van der Waals surface area (Å²) in [4.78, 5) is 14.5. The molecule has 22 heavy (non-hydrogen) atoms. The summed E-state index contributed by atoms with van der Waals surface area (Å²) in [5.74, 6) is -0.0664. The van der Waals surface area contributed by atoms with Crippen LogP contribution < -0.4 is 4.90 Å². The van der Waals surface area contributed by atoms with Crippen molar-refractivity contribution in [2.24, 2.45) is 0 Å². The molecular weight excluding hydrogens is 296 g/mol. The molecule has 3 rings (SSSR count). The van der Waals surface area contributed by atoms with Crippen molar-refractivity contribution in [2.75, 3.05) is 4.90 Å². The highest BCUT2D eigenvalue weighted by molar-refractivity contribution is 8.19. The van der Waals surface area contributed by atoms with E-state index in [9.17, 15) is 9.90 Å². The zero-order chi connectivity index (χ0) is 15.7. The third-order valence-corrected chi connectivity index (χ3v) is 4.24. The average Bonchev–Trinajstić information content (AvgIpc) is 2.74. The number of para-hydroxylation sites is 1. The molecule has 0 radical (unpaired) electrons. The van der Waals surface area contributed by atoms with Gasteiger partial charge in [-0.15, -0.1) is 0 Å². The summed E-state index contributed by atoms with van der Waals surface area (Å²) in [6.45, 7) is 1.91. The summed E-state index contributed by atoms with van der Waals surface area (Å²) in [5, 5.41) is 17.8. The fourth-order valence-corrected chi connectivity index (χ4v) is 3.14. The SMILES string of the molecule is Cc1ccccc1N1C(=N)S/C(=C\c2cccc(O)c2)C1=O. The van der Waals surface area contributed by atoms with Gasteiger partial charge < -0.3 is 5.11 Å². The Hall–Kier alpha value is -2.53. The number of carbonyl (C=O) groups excluding carboxylic acids is 1. The minimum Gasteiger partial charge on any atom is -0.508 e. The molecule has 1 aliphatic rings. The minimum absolute atomic E-state index is 0.149. The van der Waals surface area contributed by atoms with Gasteiger partial charge in [0.2, 0.25) is 0 Å². The van der Waals surface area contributed by atoms with Crippen LogP contribution in [0.2, 0.25) is 0 Å². The van der Waals surface area contributed by atoms with Gasteiger partial charge in [0.05, 0.1) is 10.6 Å². The number of phenolic OH excluding ortho intramolecular Hbond substituents is 1. The van der Waals surface area contributed by atoms with E-state index in [1.807, 2.05) is 31.2 Å². The van der Waals surface area contributed by atoms with Gasteiger partial charge in [-0.3, -0.25) is 15.1 Å². The lowest BCUT2D eigenvalue weighted by Crippen LogP contribution is -2.28. The first-order chi connectivity index (χ1) is 10.6. The molecule has 4 nitrogen and oxygen atoms in total. The maximum Gasteiger partial charge on any atom is 0.271 e. The van der Waals surface area contributed by atoms with Crippen molar-refractivity contribution in [1.82, 2.24) is 0 Å². The Balaban J connectivity index is 1.97. The summed E-state index contributed by atoms with van der Waals surface area (Å²) in [6, 6.07) is 14.2. The van der Waals surface area contributed by atoms with Crippen molar-refractivity contribution in [1.29, 1.82) is 5.41 Å². The lowest BCUT2D eigenvalue weighted by atomic mass is 10.1. The first-order valence-corrected chi connectivity index (χ1v) is 7.55. The number of hydrogen-bond donors (Lipinski definition) is 2. The van der Waals surface area contributed by atoms with E-state index in [-0.39, 0.29) is 16.8 Å². The average molecular weight is 310 g/mol. The van der Waals surface area contributed by atoms with E-state index in [4.69, 9.17) is 5.41 Å². The number of thioether (sulfide) groups is 1. The third-order valence-electron chi connectivity index (χ3n) is 3.35. The molecule has 0 saturated carbocycles. The summed E-state index contributed by atoms with van der Waals surface area (Å²) in [7, 11) is 0. The van der Waals surface area contributed by atoms with E-state index >= 15 is 0 Å². The van der Waals surface area contributed by atoms with Gasteiger partial charge in [0.25, 0.3) is 5.91 Å². The maximum absolute atomic E-state index is 12.6. The highest BCUT2D eigenvalue weighted by Crippen LogP contribution is 2.36. The van der Waals surface area contributed by atoms with Gasteiger partial charge >= 0.3 is 0 Å². The molecule has 0 aromatic heterocycles. The molecule has 5 heteroatoms. The molecule has 1 fully saturated rings. The standard InChI is InChI=1S/C17H14N2O2S/c1-11-5-2-3-8-14(11)19-16(21)15(22-17(19)18)10-12-6-4-7-13(20)9-12/h2-10,18,20H,1H3/b15-10-,18-17?. The number of phenols is 1. The Morgan fingerprint density at radius 1 is 1.18 bits per heavy atom. The Morgan fingerprint density at radius 2 is 1.95 bits per heavy atom. The Morgan fingerprint density at radius 3 is 2.68 bits per heavy atom. The van der Waals surface area contributed by atoms with Crippen molar-refractivity contribution in [3.8, 4) is 5.75 Å². The van der Waals surface area contributed by atoms with E-state index in [1.165, 1.54) is 4.90 Å². The van der Waals surface area contributed by atoms with Crippen LogP contribution in [0.4, 0.5) is 5.69 Å². The molecule has 1 heterocycles. The normalized spacial score (nSPS) is 16.6. The van der Waals surface area contributed by atoms with Crippen LogP contribution in [0.5, 0.6) is 5.75 Å². The summed E-state index contributed by atoms with van der Waals surface area (Å²) < 4.78 is 0. The number of hydrogen-bond acceptors (Lipinski definition) is 4. The Kier molecular flexibility index (Phi) is 3.73. The van der Waals surface area contributed by atoms with Gasteiger partial charge in [-0.2, -0.15) is 0 Å². The largest absolute Gasteiger partial charge is 0.508 e. The fourth-order valence-electron chi connectivity index (χ4n) is 2.29. The molecule has 1 aliphatic heterocycles. The molecule has 0 aliphatic carbocycles. The molecule has 2 aromatic rings. The van der Waals surface area contributed by atoms with E-state index in [2.05, 4.69) is 0 Å². The second-order valence-corrected chi connectivity index (χ2v) is 5.97. The first kappa shape index (κ1) is 14.4. The van der Waals surface area contributed by atoms with Gasteiger partial charge in [-0.05, 0) is 54.1 Å². The lowest BCUT2D eigenvalue weighted by molar-refractivity contribution is -0.113. The topological polar surface area (TPSA) is 64.4 Å². The van der Waals surface area contributed by atoms with Crippen LogP contribution in [0.25, 0.3) is 6.08 Å². The second kappa shape index (κ2) is 5.69. The Labute approximate surface area is 132 Å². The van der Waals surface area contributed by atoms with Crippen LogP contribution in [0.3, 0.4) is 0 Å². The van der Waals surface area contributed by atoms with Crippen LogP contribution in [0.1, 0.15) is 11.1 Å². The van der Waals surface area contributed by atoms with Crippen molar-refractivity contribution >= 4 is 34.6 Å². The number of nitrogens with zero attached hydrogens (tertiary/aromatic N) is 1. The first-order valence-electron chi connectivity index (χ1n) is 6.73. The van der Waals surface area contributed by atoms with Crippen LogP contribution in [0, 0.1) is 12.3 Å². The second-order valence-electron chi connectivity index (χ2n) is 4.94. The van der Waals surface area contributed by atoms with E-state index in [0.29, 0.717) is 4.91 Å². The van der Waals surface area contributed by atoms with Crippen molar-refractivity contribution in [3.63, 3.8) is 0 Å². The van der Waals surface area contributed by atoms with Crippen LogP contribution in [-0.2, 0) is 4.79 Å². The molecule has 0 spiro atoms. The number of amidine groups is 1. The van der Waals surface area contributed by atoms with Gasteiger partial charge in [0.15, 0.2) is 5.17 Å². The summed E-state index contributed by atoms with van der Waals surface area (Å²) in [5.41, 5.74) is 2.40. The van der Waals surface area contributed by atoms with Gasteiger partial charge in [0.1, 0.15) is 5.75 Å². The molecule has 2 N–H and O–H groups in total. The fraction of sp³-hybridized carbons (Fsp3) is 0.0588. The predicted molar refractivity (Wildman–Crippen MR) is 90.1 cm³/mol. The molecule has 0 bridgehead atoms. The number of benzene rings is 2. The third kappa shape index (κ3) is 2.63. The van der Waals surface area contributed by atoms with Gasteiger partial charge in [-0.25, -0.2) is 0 Å². The van der Waals surface area contributed by atoms with E-state index < -0.39 is 0 Å². The van der Waals surface area contributed by atoms with E-state index in [0.717, 1.165) is 28.6 Å². The van der Waals surface area contributed by atoms with E-state index in [1.54, 1.807) is 30.3 Å². The number of amides is 1. The number of aryl methyl sites for hydroxylation is 1. The smallest absolute Gasteiger partial charge is 0.271 e. The monoisotopic (exact) mass is 310 g/mol. The van der Waals surface area contributed by atoms with Crippen molar-refractivity contribution in [2.45, 2.75) is 6.92 Å². The molecule has 1 saturated heterocycles. The van der Waals surface area contributed by atoms with Crippen LogP contribution in [-0.4, -0.2) is 16.2 Å². The predicted octanol–water partition coefficient (Wildman–Crippen LogP) is 3.76. The molecule has 1 amide bonds. The summed E-state index contributed by atoms with van der Waals surface area (Å²) in [6.07, 6.45) is 1.69. The van der Waals surface area contributed by atoms with Gasteiger partial charge in [-0.1, -0.05) is 30.3 Å². The van der Waals surface area contributed by atoms with Crippen LogP contribution in [0.15, 0.2) is 53.4 Å². The Bertz CT molecular complexity index is 799. The van der Waals surface area contributed by atoms with Gasteiger partial charge in [0, 0.05) is 0 Å². The molecule has 110 valence electrons. The zero-order valence-electron chi connectivity index (χ0n) is 11.9. The number of rotatable bonds is 2. The number of nitrogens with one attached hydrogen (secondary N) is 1. The van der Waals surface area contributed by atoms with Crippen LogP contribution >= 0.6 is 11.8 Å². The number of carbonyl (C=O) groups is 1. The van der Waals surface area contributed by atoms with Crippen molar-refractivity contribution in [3.05, 3.63) is 64.6 Å². The lowest BCUT2D eigenvalue weighted by Gasteiger charge is -2.16. The minimum atomic E-state index is -0.215. The van der Waals surface area contributed by atoms with Crippen molar-refractivity contribution < 1.29 is 9.90 Å². The highest BCUT2D eigenvalue weighted by Gasteiger charge is 2.34.